The predicted molar refractivity (Wildman–Crippen MR) is 109 cm³/mol. The second-order valence-electron chi connectivity index (χ2n) is 8.59. The van der Waals surface area contributed by atoms with E-state index < -0.39 is 72.4 Å². The lowest BCUT2D eigenvalue weighted by molar-refractivity contribution is -0.448. The van der Waals surface area contributed by atoms with E-state index in [-0.39, 0.29) is 12.0 Å². The number of aliphatic hydroxyl groups is 3. The summed E-state index contributed by atoms with van der Waals surface area (Å²) >= 11 is 0. The minimum atomic E-state index is -2.08. The maximum Gasteiger partial charge on any atom is 0.251 e. The molecular weight excluding hydrogens is 425 g/mol. The molecule has 10 atom stereocenters. The van der Waals surface area contributed by atoms with Gasteiger partial charge < -0.3 is 45.5 Å². The summed E-state index contributed by atoms with van der Waals surface area (Å²) in [5, 5.41) is 41.6. The Hall–Kier alpha value is -1.70. The van der Waals surface area contributed by atoms with Gasteiger partial charge in [-0.15, -0.1) is 0 Å². The molecule has 0 spiro atoms. The van der Waals surface area contributed by atoms with Crippen LogP contribution in [0.25, 0.3) is 0 Å². The highest BCUT2D eigenvalue weighted by atomic mass is 19.1. The van der Waals surface area contributed by atoms with Crippen LogP contribution in [-0.4, -0.2) is 96.0 Å². The normalized spacial score (nSPS) is 43.8. The Kier molecular flexibility index (Phi) is 6.54. The number of fused-ring (bicyclic) bond motifs is 2. The average Bonchev–Trinajstić information content (AvgIpc) is 2.75. The van der Waals surface area contributed by atoms with Gasteiger partial charge in [0.2, 0.25) is 12.1 Å². The van der Waals surface area contributed by atoms with Gasteiger partial charge in [-0.1, -0.05) is 0 Å². The van der Waals surface area contributed by atoms with Gasteiger partial charge in [0.25, 0.3) is 5.91 Å². The molecule has 0 aromatic heterocycles. The van der Waals surface area contributed by atoms with E-state index in [0.29, 0.717) is 0 Å². The Balaban J connectivity index is 1.60. The minimum absolute atomic E-state index is 0.216. The molecule has 0 radical (unpaired) electrons. The Morgan fingerprint density at radius 2 is 1.72 bits per heavy atom. The summed E-state index contributed by atoms with van der Waals surface area (Å²) < 4.78 is 31.0. The summed E-state index contributed by atoms with van der Waals surface area (Å²) in [6.07, 6.45) is -5.48. The second kappa shape index (κ2) is 8.92. The number of benzene rings is 1. The molecule has 1 amide bonds. The van der Waals surface area contributed by atoms with E-state index in [9.17, 15) is 24.5 Å². The number of hydrogen-bond acceptors (Lipinski definition) is 9. The van der Waals surface area contributed by atoms with Crippen LogP contribution in [0.1, 0.15) is 23.7 Å². The molecule has 2 heterocycles. The van der Waals surface area contributed by atoms with Crippen molar-refractivity contribution >= 4 is 5.91 Å². The van der Waals surface area contributed by atoms with Crippen molar-refractivity contribution in [2.45, 2.75) is 74.1 Å². The molecule has 1 aromatic carbocycles. The third-order valence-electron chi connectivity index (χ3n) is 6.56. The molecule has 3 unspecified atom stereocenters. The van der Waals surface area contributed by atoms with Crippen LogP contribution in [0.2, 0.25) is 0 Å². The van der Waals surface area contributed by atoms with E-state index in [4.69, 9.17) is 14.2 Å². The molecule has 1 aliphatic carbocycles. The molecule has 1 saturated carbocycles. The molecule has 2 saturated heterocycles. The van der Waals surface area contributed by atoms with Crippen LogP contribution in [0, 0.1) is 5.82 Å². The molecule has 3 fully saturated rings. The summed E-state index contributed by atoms with van der Waals surface area (Å²) in [6, 6.07) is 2.72. The first-order valence-electron chi connectivity index (χ1n) is 10.7. The molecule has 0 bridgehead atoms. The van der Waals surface area contributed by atoms with Gasteiger partial charge in [0.1, 0.15) is 24.1 Å². The first kappa shape index (κ1) is 23.5. The summed E-state index contributed by atoms with van der Waals surface area (Å²) in [5.74, 6) is -3.07. The zero-order valence-corrected chi connectivity index (χ0v) is 18.1. The summed E-state index contributed by atoms with van der Waals surface area (Å²) in [4.78, 5) is 12.8. The fourth-order valence-corrected chi connectivity index (χ4v) is 4.86. The first-order chi connectivity index (χ1) is 15.2. The van der Waals surface area contributed by atoms with Gasteiger partial charge in [0, 0.05) is 5.56 Å². The van der Waals surface area contributed by atoms with Crippen LogP contribution in [0.4, 0.5) is 4.39 Å². The maximum absolute atomic E-state index is 13.2. The van der Waals surface area contributed by atoms with Gasteiger partial charge >= 0.3 is 0 Å². The Morgan fingerprint density at radius 1 is 1.06 bits per heavy atom. The van der Waals surface area contributed by atoms with Crippen LogP contribution >= 0.6 is 0 Å². The number of halogens is 1. The molecule has 3 aliphatic rings. The highest BCUT2D eigenvalue weighted by Crippen LogP contribution is 2.42. The van der Waals surface area contributed by atoms with Gasteiger partial charge in [-0.25, -0.2) is 4.39 Å². The second-order valence-corrected chi connectivity index (χ2v) is 8.59. The summed E-state index contributed by atoms with van der Waals surface area (Å²) in [7, 11) is 3.24. The van der Waals surface area contributed by atoms with E-state index >= 15 is 0 Å². The third-order valence-corrected chi connectivity index (χ3v) is 6.56. The van der Waals surface area contributed by atoms with Crippen molar-refractivity contribution in [1.29, 1.82) is 0 Å². The molecule has 2 aliphatic heterocycles. The van der Waals surface area contributed by atoms with E-state index in [2.05, 4.69) is 16.0 Å². The highest BCUT2D eigenvalue weighted by molar-refractivity contribution is 5.94. The topological polar surface area (TPSA) is 142 Å². The van der Waals surface area contributed by atoms with Gasteiger partial charge in [-0.05, 0) is 51.7 Å². The Labute approximate surface area is 185 Å². The Morgan fingerprint density at radius 3 is 2.34 bits per heavy atom. The van der Waals surface area contributed by atoms with Crippen molar-refractivity contribution in [2.24, 2.45) is 0 Å². The van der Waals surface area contributed by atoms with E-state index in [1.165, 1.54) is 24.3 Å². The van der Waals surface area contributed by atoms with Crippen molar-refractivity contribution in [3.05, 3.63) is 35.6 Å². The fraction of sp³-hybridized carbons (Fsp3) is 0.667. The van der Waals surface area contributed by atoms with Crippen LogP contribution < -0.4 is 16.0 Å². The lowest BCUT2D eigenvalue weighted by Gasteiger charge is -2.58. The number of rotatable bonds is 4. The van der Waals surface area contributed by atoms with Crippen LogP contribution in [0.3, 0.4) is 0 Å². The standard InChI is InChI=1S/C21H30FN3O7/c1-9-8-12(25-19(28)10-4-6-11(22)7-5-10)21(29)20(30-9)31-18-16(27)13(23-2)15(26)14(24-3)17(18)32-21/h4-7,9,12-18,20,23-24,26-27,29H,8H2,1-3H3,(H,25,28)/t9-,12-,13-,14+,15+,16-,17?,18?,20?,21+/m1/s1. The van der Waals surface area contributed by atoms with Crippen LogP contribution in [0.15, 0.2) is 24.3 Å². The van der Waals surface area contributed by atoms with Crippen molar-refractivity contribution < 1.29 is 38.7 Å². The van der Waals surface area contributed by atoms with Crippen molar-refractivity contribution in [2.75, 3.05) is 14.1 Å². The molecule has 1 aromatic rings. The SMILES string of the molecule is CN[C@@H]1[C@H](O)[C@H](NC)C2O[C@]3(O)C(OC2[C@@H]1O)O[C@H](C)C[C@H]3NC(=O)c1ccc(F)cc1. The number of carbonyl (C=O) groups is 1. The van der Waals surface area contributed by atoms with Gasteiger partial charge in [-0.3, -0.25) is 4.79 Å². The third kappa shape index (κ3) is 3.93. The largest absolute Gasteiger partial charge is 0.390 e. The molecule has 10 nitrogen and oxygen atoms in total. The summed E-state index contributed by atoms with van der Waals surface area (Å²) in [6.45, 7) is 1.76. The van der Waals surface area contributed by atoms with E-state index in [1.54, 1.807) is 21.0 Å². The molecular formula is C21H30FN3O7. The molecule has 6 N–H and O–H groups in total. The molecule has 178 valence electrons. The van der Waals surface area contributed by atoms with E-state index in [1.807, 2.05) is 0 Å². The average molecular weight is 455 g/mol. The van der Waals surface area contributed by atoms with Crippen LogP contribution in [-0.2, 0) is 14.2 Å². The zero-order chi connectivity index (χ0) is 23.2. The van der Waals surface area contributed by atoms with Gasteiger partial charge in [0.05, 0.1) is 30.3 Å². The first-order valence-corrected chi connectivity index (χ1v) is 10.7. The maximum atomic E-state index is 13.2. The van der Waals surface area contributed by atoms with Crippen LogP contribution in [0.5, 0.6) is 0 Å². The number of aliphatic hydroxyl groups excluding tert-OH is 2. The number of amides is 1. The van der Waals surface area contributed by atoms with Crippen molar-refractivity contribution in [1.82, 2.24) is 16.0 Å². The van der Waals surface area contributed by atoms with Crippen molar-refractivity contribution in [3.63, 3.8) is 0 Å². The number of ether oxygens (including phenoxy) is 3. The zero-order valence-electron chi connectivity index (χ0n) is 18.1. The smallest absolute Gasteiger partial charge is 0.251 e. The van der Waals surface area contributed by atoms with Gasteiger partial charge in [0.15, 0.2) is 0 Å². The fourth-order valence-electron chi connectivity index (χ4n) is 4.86. The Bertz CT molecular complexity index is 830. The number of carbonyl (C=O) groups excluding carboxylic acids is 1. The summed E-state index contributed by atoms with van der Waals surface area (Å²) in [5.41, 5.74) is 0.216. The number of likely N-dealkylation sites (N-methyl/N-ethyl adjacent to an activating group) is 2. The lowest BCUT2D eigenvalue weighted by atomic mass is 9.79. The monoisotopic (exact) mass is 455 g/mol. The molecule has 11 heteroatoms. The minimum Gasteiger partial charge on any atom is -0.390 e. The quantitative estimate of drug-likeness (QED) is 0.318. The highest BCUT2D eigenvalue weighted by Gasteiger charge is 2.63. The predicted octanol–water partition coefficient (Wildman–Crippen LogP) is -1.56. The van der Waals surface area contributed by atoms with Crippen molar-refractivity contribution in [3.8, 4) is 0 Å². The number of nitrogens with one attached hydrogen (secondary N) is 3. The molecule has 4 rings (SSSR count). The molecule has 32 heavy (non-hydrogen) atoms. The number of hydrogen-bond donors (Lipinski definition) is 6. The lowest BCUT2D eigenvalue weighted by Crippen LogP contribution is -2.79. The van der Waals surface area contributed by atoms with E-state index in [0.717, 1.165) is 0 Å². The van der Waals surface area contributed by atoms with Gasteiger partial charge in [-0.2, -0.15) is 0 Å².